The van der Waals surface area contributed by atoms with Crippen LogP contribution in [0, 0.1) is 0 Å². The molecular weight excluding hydrogens is 338 g/mol. The minimum Gasteiger partial charge on any atom is -0.368 e. The molecule has 1 amide bonds. The van der Waals surface area contributed by atoms with Gasteiger partial charge >= 0.3 is 6.43 Å². The van der Waals surface area contributed by atoms with Gasteiger partial charge in [0.2, 0.25) is 17.7 Å². The molecule has 2 aromatic heterocycles. The monoisotopic (exact) mass is 354 g/mol. The molecule has 0 unspecified atom stereocenters. The number of alkyl halides is 2. The van der Waals surface area contributed by atoms with E-state index in [-0.39, 0.29) is 23.5 Å². The zero-order chi connectivity index (χ0) is 18.2. The summed E-state index contributed by atoms with van der Waals surface area (Å²) in [7, 11) is 3.38. The van der Waals surface area contributed by atoms with E-state index in [0.29, 0.717) is 12.8 Å². The maximum absolute atomic E-state index is 12.7. The van der Waals surface area contributed by atoms with Crippen molar-refractivity contribution in [2.45, 2.75) is 31.2 Å². The largest absolute Gasteiger partial charge is 0.368 e. The molecule has 1 saturated carbocycles. The maximum atomic E-state index is 12.7. The van der Waals surface area contributed by atoms with Gasteiger partial charge in [-0.1, -0.05) is 5.16 Å². The second-order valence-corrected chi connectivity index (χ2v) is 5.86. The third-order valence-corrected chi connectivity index (χ3v) is 3.86. The van der Waals surface area contributed by atoms with E-state index in [0.717, 1.165) is 6.42 Å². The van der Waals surface area contributed by atoms with Gasteiger partial charge < -0.3 is 20.5 Å². The van der Waals surface area contributed by atoms with E-state index in [1.807, 2.05) is 0 Å². The fourth-order valence-corrected chi connectivity index (χ4v) is 2.41. The molecule has 2 heterocycles. The quantitative estimate of drug-likeness (QED) is 0.793. The van der Waals surface area contributed by atoms with E-state index >= 15 is 0 Å². The lowest BCUT2D eigenvalue weighted by atomic mass is 9.76. The third-order valence-electron chi connectivity index (χ3n) is 3.86. The van der Waals surface area contributed by atoms with Gasteiger partial charge in [0.25, 0.3) is 11.8 Å². The van der Waals surface area contributed by atoms with E-state index in [9.17, 15) is 13.6 Å². The Bertz CT molecular complexity index is 790. The number of nitrogens with one attached hydrogen (secondary N) is 1. The van der Waals surface area contributed by atoms with Crippen LogP contribution in [0.4, 0.5) is 20.7 Å². The summed E-state index contributed by atoms with van der Waals surface area (Å²) < 4.78 is 29.8. The lowest BCUT2D eigenvalue weighted by Crippen LogP contribution is -2.52. The third kappa shape index (κ3) is 3.19. The van der Waals surface area contributed by atoms with Crippen LogP contribution in [-0.2, 0) is 5.54 Å². The lowest BCUT2D eigenvalue weighted by Gasteiger charge is -2.39. The second-order valence-electron chi connectivity index (χ2n) is 5.86. The number of nitrogen functional groups attached to an aromatic ring is 1. The van der Waals surface area contributed by atoms with Crippen molar-refractivity contribution in [1.29, 1.82) is 0 Å². The summed E-state index contributed by atoms with van der Waals surface area (Å²) in [5, 5.41) is 6.29. The number of nitrogens with two attached hydrogens (primary N) is 1. The summed E-state index contributed by atoms with van der Waals surface area (Å²) >= 11 is 0. The molecule has 0 spiro atoms. The molecule has 2 aromatic rings. The van der Waals surface area contributed by atoms with Gasteiger partial charge in [-0.2, -0.15) is 28.7 Å². The van der Waals surface area contributed by atoms with Crippen LogP contribution in [0.3, 0.4) is 0 Å². The zero-order valence-electron chi connectivity index (χ0n) is 13.5. The average molecular weight is 354 g/mol. The van der Waals surface area contributed by atoms with Crippen LogP contribution >= 0.6 is 0 Å². The van der Waals surface area contributed by atoms with Crippen LogP contribution in [-0.4, -0.2) is 45.1 Å². The summed E-state index contributed by atoms with van der Waals surface area (Å²) in [5.41, 5.74) is 4.62. The molecule has 1 aliphatic carbocycles. The molecule has 0 saturated heterocycles. The molecular formula is C13H16F2N8O2. The number of halogens is 2. The van der Waals surface area contributed by atoms with Gasteiger partial charge in [0, 0.05) is 14.1 Å². The molecule has 1 aliphatic rings. The molecule has 1 fully saturated rings. The van der Waals surface area contributed by atoms with Crippen LogP contribution in [0.15, 0.2) is 4.52 Å². The van der Waals surface area contributed by atoms with Crippen LogP contribution in [0.5, 0.6) is 0 Å². The van der Waals surface area contributed by atoms with E-state index in [1.54, 1.807) is 19.0 Å². The van der Waals surface area contributed by atoms with Crippen molar-refractivity contribution in [2.24, 2.45) is 0 Å². The Hall–Kier alpha value is -2.92. The summed E-state index contributed by atoms with van der Waals surface area (Å²) in [6, 6.07) is 0. The van der Waals surface area contributed by atoms with Crippen LogP contribution in [0.2, 0.25) is 0 Å². The predicted molar refractivity (Wildman–Crippen MR) is 80.8 cm³/mol. The van der Waals surface area contributed by atoms with Crippen molar-refractivity contribution in [1.82, 2.24) is 30.4 Å². The van der Waals surface area contributed by atoms with Gasteiger partial charge in [0.1, 0.15) is 5.54 Å². The van der Waals surface area contributed by atoms with Crippen molar-refractivity contribution >= 4 is 17.8 Å². The molecule has 0 radical (unpaired) electrons. The van der Waals surface area contributed by atoms with E-state index in [2.05, 4.69) is 34.9 Å². The summed E-state index contributed by atoms with van der Waals surface area (Å²) in [5.74, 6) is -1.46. The topological polar surface area (TPSA) is 136 Å². The number of nitrogens with zero attached hydrogens (tertiary/aromatic N) is 6. The number of carbonyl (C=O) groups is 1. The van der Waals surface area contributed by atoms with E-state index in [4.69, 9.17) is 5.73 Å². The zero-order valence-corrected chi connectivity index (χ0v) is 13.5. The average Bonchev–Trinajstić information content (AvgIpc) is 3.00. The van der Waals surface area contributed by atoms with Crippen molar-refractivity contribution in [2.75, 3.05) is 24.7 Å². The van der Waals surface area contributed by atoms with Gasteiger partial charge in [-0.25, -0.2) is 0 Å². The highest BCUT2D eigenvalue weighted by molar-refractivity contribution is 5.91. The van der Waals surface area contributed by atoms with Crippen LogP contribution < -0.4 is 16.0 Å². The van der Waals surface area contributed by atoms with Crippen LogP contribution in [0.25, 0.3) is 0 Å². The number of anilines is 2. The Labute approximate surface area is 140 Å². The fraction of sp³-hybridized carbons (Fsp3) is 0.538. The summed E-state index contributed by atoms with van der Waals surface area (Å²) in [6.07, 6.45) is -1.12. The molecule has 25 heavy (non-hydrogen) atoms. The Balaban J connectivity index is 1.85. The van der Waals surface area contributed by atoms with Crippen molar-refractivity contribution < 1.29 is 18.1 Å². The normalized spacial score (nSPS) is 15.7. The second kappa shape index (κ2) is 6.18. The van der Waals surface area contributed by atoms with Gasteiger partial charge in [-0.3, -0.25) is 4.79 Å². The molecule has 0 atom stereocenters. The first-order valence-corrected chi connectivity index (χ1v) is 7.44. The van der Waals surface area contributed by atoms with Crippen LogP contribution in [0.1, 0.15) is 48.0 Å². The first-order valence-electron chi connectivity index (χ1n) is 7.44. The molecule has 0 aliphatic heterocycles. The fourth-order valence-electron chi connectivity index (χ4n) is 2.41. The molecule has 12 heteroatoms. The minimum absolute atomic E-state index is 0.0114. The van der Waals surface area contributed by atoms with Gasteiger partial charge in [0.05, 0.1) is 0 Å². The first kappa shape index (κ1) is 16.9. The Morgan fingerprint density at radius 1 is 1.28 bits per heavy atom. The van der Waals surface area contributed by atoms with Crippen molar-refractivity contribution in [3.05, 3.63) is 17.5 Å². The predicted octanol–water partition coefficient (Wildman–Crippen LogP) is 0.650. The molecule has 10 nitrogen and oxygen atoms in total. The Kier molecular flexibility index (Phi) is 4.18. The smallest absolute Gasteiger partial charge is 0.315 e. The standard InChI is InChI=1S/C13H16F2N8O2/c1-23(2)12-18-7(17-11(16)20-12)8(24)21-13(4-3-5-13)10-19-9(6(14)15)25-22-10/h6H,3-5H2,1-2H3,(H,21,24)(H2,16,17,18,20). The van der Waals surface area contributed by atoms with E-state index in [1.165, 1.54) is 0 Å². The van der Waals surface area contributed by atoms with E-state index < -0.39 is 23.8 Å². The Morgan fingerprint density at radius 2 is 2.00 bits per heavy atom. The SMILES string of the molecule is CN(C)c1nc(N)nc(C(=O)NC2(c3noc(C(F)F)n3)CCC2)n1. The number of carbonyl (C=O) groups excluding carboxylic acids is 1. The molecule has 0 bridgehead atoms. The Morgan fingerprint density at radius 3 is 2.52 bits per heavy atom. The minimum atomic E-state index is -2.87. The van der Waals surface area contributed by atoms with Gasteiger partial charge in [0.15, 0.2) is 5.82 Å². The highest BCUT2D eigenvalue weighted by atomic mass is 19.3. The molecule has 0 aromatic carbocycles. The summed E-state index contributed by atoms with van der Waals surface area (Å²) in [4.78, 5) is 29.5. The number of hydrogen-bond acceptors (Lipinski definition) is 9. The highest BCUT2D eigenvalue weighted by Crippen LogP contribution is 2.40. The molecule has 3 rings (SSSR count). The van der Waals surface area contributed by atoms with Crippen molar-refractivity contribution in [3.63, 3.8) is 0 Å². The number of aromatic nitrogens is 5. The number of hydrogen-bond donors (Lipinski definition) is 2. The molecule has 3 N–H and O–H groups in total. The first-order chi connectivity index (χ1) is 11.8. The number of rotatable bonds is 5. The maximum Gasteiger partial charge on any atom is 0.315 e. The highest BCUT2D eigenvalue weighted by Gasteiger charge is 2.45. The lowest BCUT2D eigenvalue weighted by molar-refractivity contribution is 0.0793. The number of amides is 1. The van der Waals surface area contributed by atoms with Gasteiger partial charge in [-0.15, -0.1) is 0 Å². The van der Waals surface area contributed by atoms with Gasteiger partial charge in [-0.05, 0) is 19.3 Å². The molecule has 134 valence electrons. The summed E-state index contributed by atoms with van der Waals surface area (Å²) in [6.45, 7) is 0. The van der Waals surface area contributed by atoms with Crippen molar-refractivity contribution in [3.8, 4) is 0 Å².